The number of hydrogen-bond acceptors (Lipinski definition) is 11. The molecule has 16 heteroatoms. The van der Waals surface area contributed by atoms with E-state index in [1.54, 1.807) is 21.8 Å². The summed E-state index contributed by atoms with van der Waals surface area (Å²) in [6, 6.07) is 17.4. The molecule has 290 valence electrons. The number of nitrogens with one attached hydrogen (secondary N) is 1. The van der Waals surface area contributed by atoms with Crippen molar-refractivity contribution in [2.45, 2.75) is 76.3 Å². The summed E-state index contributed by atoms with van der Waals surface area (Å²) < 4.78 is 8.42. The minimum atomic E-state index is -0.987. The highest BCUT2D eigenvalue weighted by molar-refractivity contribution is 5.94. The quantitative estimate of drug-likeness (QED) is 0.0483. The van der Waals surface area contributed by atoms with Crippen LogP contribution >= 0.6 is 0 Å². The van der Waals surface area contributed by atoms with Crippen molar-refractivity contribution in [2.24, 2.45) is 5.73 Å². The van der Waals surface area contributed by atoms with E-state index < -0.39 is 24.0 Å². The summed E-state index contributed by atoms with van der Waals surface area (Å²) >= 11 is 0. The number of methoxy groups -OCH3 is 1. The lowest BCUT2D eigenvalue weighted by atomic mass is 10.0. The number of esters is 1. The van der Waals surface area contributed by atoms with E-state index in [9.17, 15) is 24.0 Å². The molecule has 0 radical (unpaired) electrons. The van der Waals surface area contributed by atoms with Gasteiger partial charge in [-0.25, -0.2) is 14.2 Å². The number of Topliss-reactive ketones (excluding diaryl/α,β-unsaturated/α-hetero) is 2. The number of carbonyl (C=O) groups excluding carboxylic acids is 4. The molecule has 0 spiro atoms. The van der Waals surface area contributed by atoms with Gasteiger partial charge in [-0.15, -0.1) is 10.2 Å². The second kappa shape index (κ2) is 21.8. The molecular formula is C38H52N9O7+. The van der Waals surface area contributed by atoms with Crippen molar-refractivity contribution in [2.75, 3.05) is 34.8 Å². The first-order valence-corrected chi connectivity index (χ1v) is 18.0. The number of rotatable bonds is 21. The van der Waals surface area contributed by atoms with Crippen molar-refractivity contribution in [3.8, 4) is 11.4 Å². The number of likely N-dealkylation sites (N-methyl/N-ethyl adjacent to an activating group) is 1. The van der Waals surface area contributed by atoms with Crippen molar-refractivity contribution in [1.82, 2.24) is 35.3 Å². The number of amides is 1. The summed E-state index contributed by atoms with van der Waals surface area (Å²) in [6.07, 6.45) is 9.11. The Morgan fingerprint density at radius 3 is 1.63 bits per heavy atom. The van der Waals surface area contributed by atoms with Gasteiger partial charge in [-0.2, -0.15) is 0 Å². The van der Waals surface area contributed by atoms with Gasteiger partial charge >= 0.3 is 11.9 Å². The van der Waals surface area contributed by atoms with Crippen LogP contribution in [0, 0.1) is 0 Å². The summed E-state index contributed by atoms with van der Waals surface area (Å²) in [5.41, 5.74) is 7.79. The van der Waals surface area contributed by atoms with Crippen LogP contribution in [0.2, 0.25) is 0 Å². The molecule has 4 rings (SSSR count). The van der Waals surface area contributed by atoms with Gasteiger partial charge in [0, 0.05) is 12.8 Å². The van der Waals surface area contributed by atoms with E-state index in [2.05, 4.69) is 25.9 Å². The highest BCUT2D eigenvalue weighted by atomic mass is 16.5. The molecule has 2 aromatic carbocycles. The molecule has 2 heterocycles. The van der Waals surface area contributed by atoms with Crippen LogP contribution < -0.4 is 11.1 Å². The van der Waals surface area contributed by atoms with Crippen molar-refractivity contribution in [3.63, 3.8) is 0 Å². The van der Waals surface area contributed by atoms with E-state index >= 15 is 0 Å². The number of nitrogens with two attached hydrogens (primary N) is 1. The molecule has 0 unspecified atom stereocenters. The maximum atomic E-state index is 12.4. The predicted molar refractivity (Wildman–Crippen MR) is 200 cm³/mol. The molecule has 0 saturated heterocycles. The van der Waals surface area contributed by atoms with Crippen LogP contribution in [0.15, 0.2) is 73.1 Å². The van der Waals surface area contributed by atoms with Crippen LogP contribution in [0.25, 0.3) is 11.4 Å². The van der Waals surface area contributed by atoms with Gasteiger partial charge in [-0.05, 0) is 49.9 Å². The number of quaternary nitrogens is 1. The Morgan fingerprint density at radius 1 is 0.741 bits per heavy atom. The zero-order valence-corrected chi connectivity index (χ0v) is 31.5. The number of carboxylic acids is 1. The minimum Gasteiger partial charge on any atom is -0.480 e. The maximum absolute atomic E-state index is 12.4. The largest absolute Gasteiger partial charge is 0.480 e. The van der Waals surface area contributed by atoms with Crippen molar-refractivity contribution in [1.29, 1.82) is 0 Å². The number of aromatic nitrogens is 6. The molecule has 2 atom stereocenters. The fourth-order valence-electron chi connectivity index (χ4n) is 5.28. The number of hydrogen-bond donors (Lipinski definition) is 3. The fourth-order valence-corrected chi connectivity index (χ4v) is 5.28. The molecule has 0 saturated carbocycles. The number of benzene rings is 2. The molecule has 0 aliphatic carbocycles. The Bertz CT molecular complexity index is 1790. The first-order chi connectivity index (χ1) is 25.8. The third-order valence-electron chi connectivity index (χ3n) is 8.17. The smallest absolute Gasteiger partial charge is 0.328 e. The van der Waals surface area contributed by atoms with E-state index in [1.165, 1.54) is 7.11 Å². The molecule has 0 aliphatic rings. The SMILES string of the molecule is COC(=O)[C@H](CCCCCC(=O)c1cn(-c2ccccc2)nn1)NC(=O)C[N+](C)(C)C.N[C@@H](CCCCCC(=O)c1cn(-c2ccccc2)nn1)C(=O)O. The third kappa shape index (κ3) is 15.2. The van der Waals surface area contributed by atoms with Gasteiger partial charge in [0.25, 0.3) is 5.91 Å². The van der Waals surface area contributed by atoms with Crippen LogP contribution in [0.4, 0.5) is 0 Å². The Morgan fingerprint density at radius 2 is 1.20 bits per heavy atom. The molecule has 54 heavy (non-hydrogen) atoms. The number of nitrogens with zero attached hydrogens (tertiary/aromatic N) is 7. The monoisotopic (exact) mass is 746 g/mol. The Labute approximate surface area is 315 Å². The Balaban J connectivity index is 0.000000303. The van der Waals surface area contributed by atoms with Crippen molar-refractivity contribution in [3.05, 3.63) is 84.4 Å². The topological polar surface area (TPSA) is 214 Å². The normalized spacial score (nSPS) is 12.2. The van der Waals surface area contributed by atoms with Crippen LogP contribution in [-0.4, -0.2) is 116 Å². The summed E-state index contributed by atoms with van der Waals surface area (Å²) in [5, 5.41) is 27.3. The molecule has 2 aromatic heterocycles. The zero-order chi connectivity index (χ0) is 39.5. The average Bonchev–Trinajstić information content (AvgIpc) is 3.85. The first-order valence-electron chi connectivity index (χ1n) is 18.0. The highest BCUT2D eigenvalue weighted by Crippen LogP contribution is 2.13. The molecule has 4 aromatic rings. The van der Waals surface area contributed by atoms with Crippen LogP contribution in [0.3, 0.4) is 0 Å². The van der Waals surface area contributed by atoms with E-state index in [1.807, 2.05) is 81.8 Å². The number of ether oxygens (including phenoxy) is 1. The second-order valence-corrected chi connectivity index (χ2v) is 13.8. The second-order valence-electron chi connectivity index (χ2n) is 13.8. The van der Waals surface area contributed by atoms with Crippen molar-refractivity contribution >= 4 is 29.4 Å². The molecular weight excluding hydrogens is 694 g/mol. The van der Waals surface area contributed by atoms with E-state index in [0.717, 1.165) is 24.2 Å². The summed E-state index contributed by atoms with van der Waals surface area (Å²) in [6.45, 7) is 0.270. The number of para-hydroxylation sites is 2. The van der Waals surface area contributed by atoms with Gasteiger partial charge in [0.1, 0.15) is 23.5 Å². The number of ketones is 2. The summed E-state index contributed by atoms with van der Waals surface area (Å²) in [5.74, 6) is -1.76. The standard InChI is InChI=1S/C22H31N5O4.C16H20N4O3/c1-27(2,3)16-21(29)23-18(22(30)31-4)13-9-6-10-14-20(28)19-15-26(25-24-19)17-11-7-5-8-12-17;17-13(16(22)23)9-5-2-6-10-15(21)14-11-20(19-18-14)12-7-3-1-4-8-12/h5,7-8,11-12,15,18H,6,9-10,13-14,16H2,1-4H3;1,3-4,7-8,11,13H,2,5-6,9-10,17H2,(H,22,23)/p+1/t18-;13-/m00/s1. The highest BCUT2D eigenvalue weighted by Gasteiger charge is 2.24. The van der Waals surface area contributed by atoms with Gasteiger partial charge in [0.05, 0.1) is 52.0 Å². The van der Waals surface area contributed by atoms with Crippen LogP contribution in [0.1, 0.15) is 85.2 Å². The molecule has 16 nitrogen and oxygen atoms in total. The number of unbranched alkanes of at least 4 members (excludes halogenated alkanes) is 4. The van der Waals surface area contributed by atoms with Crippen LogP contribution in [0.5, 0.6) is 0 Å². The molecule has 4 N–H and O–H groups in total. The van der Waals surface area contributed by atoms with E-state index in [-0.39, 0.29) is 24.0 Å². The number of carbonyl (C=O) groups is 5. The minimum absolute atomic E-state index is 0.0604. The summed E-state index contributed by atoms with van der Waals surface area (Å²) in [7, 11) is 7.02. The molecule has 1 amide bonds. The zero-order valence-electron chi connectivity index (χ0n) is 31.5. The maximum Gasteiger partial charge on any atom is 0.328 e. The lowest BCUT2D eigenvalue weighted by molar-refractivity contribution is -0.862. The van der Waals surface area contributed by atoms with E-state index in [0.29, 0.717) is 67.2 Å². The fraction of sp³-hybridized carbons (Fsp3) is 0.447. The van der Waals surface area contributed by atoms with Gasteiger partial charge in [-0.3, -0.25) is 19.2 Å². The number of aliphatic carboxylic acids is 1. The Kier molecular flexibility index (Phi) is 17.3. The Hall–Kier alpha value is -5.61. The van der Waals surface area contributed by atoms with E-state index in [4.69, 9.17) is 15.6 Å². The van der Waals surface area contributed by atoms with Gasteiger partial charge in [0.2, 0.25) is 0 Å². The lowest BCUT2D eigenvalue weighted by Crippen LogP contribution is -2.49. The number of carboxylic acid groups (broad SMARTS) is 1. The third-order valence-corrected chi connectivity index (χ3v) is 8.17. The molecule has 0 fully saturated rings. The van der Waals surface area contributed by atoms with Gasteiger partial charge < -0.3 is 25.4 Å². The van der Waals surface area contributed by atoms with Crippen molar-refractivity contribution < 1.29 is 38.3 Å². The first kappa shape index (κ1) is 42.8. The van der Waals surface area contributed by atoms with Gasteiger partial charge in [-0.1, -0.05) is 72.5 Å². The predicted octanol–water partition coefficient (Wildman–Crippen LogP) is 3.58. The molecule has 0 aliphatic heterocycles. The average molecular weight is 747 g/mol. The van der Waals surface area contributed by atoms with Gasteiger partial charge in [0.15, 0.2) is 18.1 Å². The molecule has 0 bridgehead atoms. The summed E-state index contributed by atoms with van der Waals surface area (Å²) in [4.78, 5) is 59.1. The lowest BCUT2D eigenvalue weighted by Gasteiger charge is -2.24. The van der Waals surface area contributed by atoms with Crippen LogP contribution in [-0.2, 0) is 19.1 Å².